The molecule has 208 valence electrons. The number of primary amides is 1. The van der Waals surface area contributed by atoms with E-state index in [2.05, 4.69) is 16.6 Å². The van der Waals surface area contributed by atoms with Crippen LogP contribution in [0.2, 0.25) is 0 Å². The van der Waals surface area contributed by atoms with Crippen LogP contribution in [0.15, 0.2) is 24.3 Å². The maximum absolute atomic E-state index is 14.1. The van der Waals surface area contributed by atoms with Gasteiger partial charge in [0.25, 0.3) is 0 Å². The summed E-state index contributed by atoms with van der Waals surface area (Å²) < 4.78 is 5.31. The van der Waals surface area contributed by atoms with Crippen LogP contribution in [0.1, 0.15) is 96.7 Å². The summed E-state index contributed by atoms with van der Waals surface area (Å²) in [4.78, 5) is 53.8. The highest BCUT2D eigenvalue weighted by Gasteiger charge is 2.39. The van der Waals surface area contributed by atoms with Gasteiger partial charge in [0.15, 0.2) is 0 Å². The average Bonchev–Trinajstić information content (AvgIpc) is 2.85. The molecule has 0 radical (unpaired) electrons. The maximum atomic E-state index is 14.1. The number of ether oxygens (including phenoxy) is 1. The van der Waals surface area contributed by atoms with E-state index in [4.69, 9.17) is 16.9 Å². The monoisotopic (exact) mass is 526 g/mol. The second kappa shape index (κ2) is 13.8. The molecule has 4 N–H and O–H groups in total. The van der Waals surface area contributed by atoms with Crippen LogP contribution in [-0.4, -0.2) is 52.4 Å². The van der Waals surface area contributed by atoms with E-state index >= 15 is 0 Å². The van der Waals surface area contributed by atoms with E-state index in [-0.39, 0.29) is 11.9 Å². The number of hydrogen-bond acceptors (Lipinski definition) is 5. The minimum atomic E-state index is -1.31. The number of rotatable bonds is 10. The van der Waals surface area contributed by atoms with E-state index in [1.54, 1.807) is 45.0 Å². The summed E-state index contributed by atoms with van der Waals surface area (Å²) in [6, 6.07) is 4.17. The Morgan fingerprint density at radius 2 is 1.74 bits per heavy atom. The number of carbonyl (C=O) groups excluding carboxylic acids is 4. The predicted molar refractivity (Wildman–Crippen MR) is 146 cm³/mol. The van der Waals surface area contributed by atoms with Gasteiger partial charge in [0, 0.05) is 17.6 Å². The highest BCUT2D eigenvalue weighted by Crippen LogP contribution is 2.28. The number of alkyl carbamates (subject to hydrolysis) is 1. The molecule has 0 aromatic heterocycles. The van der Waals surface area contributed by atoms with Crippen molar-refractivity contribution in [3.63, 3.8) is 0 Å². The summed E-state index contributed by atoms with van der Waals surface area (Å²) >= 11 is 0. The molecule has 38 heavy (non-hydrogen) atoms. The van der Waals surface area contributed by atoms with Crippen LogP contribution >= 0.6 is 0 Å². The lowest BCUT2D eigenvalue weighted by molar-refractivity contribution is -0.146. The quantitative estimate of drug-likeness (QED) is 0.401. The third kappa shape index (κ3) is 9.09. The minimum Gasteiger partial charge on any atom is -0.444 e. The van der Waals surface area contributed by atoms with E-state index in [0.29, 0.717) is 17.5 Å². The Morgan fingerprint density at radius 3 is 2.24 bits per heavy atom. The molecule has 1 saturated carbocycles. The first-order chi connectivity index (χ1) is 17.9. The van der Waals surface area contributed by atoms with Crippen LogP contribution in [0.3, 0.4) is 0 Å². The van der Waals surface area contributed by atoms with Gasteiger partial charge in [-0.05, 0) is 64.7 Å². The predicted octanol–water partition coefficient (Wildman–Crippen LogP) is 3.55. The van der Waals surface area contributed by atoms with E-state index in [0.717, 1.165) is 32.1 Å². The summed E-state index contributed by atoms with van der Waals surface area (Å²) in [6.45, 7) is 8.79. The minimum absolute atomic E-state index is 0.0129. The summed E-state index contributed by atoms with van der Waals surface area (Å²) in [7, 11) is 0. The van der Waals surface area contributed by atoms with Crippen LogP contribution in [0, 0.1) is 12.3 Å². The van der Waals surface area contributed by atoms with Crippen molar-refractivity contribution in [2.24, 2.45) is 5.73 Å². The molecule has 0 aliphatic heterocycles. The second-order valence-corrected chi connectivity index (χ2v) is 10.9. The third-order valence-corrected chi connectivity index (χ3v) is 6.59. The number of hydrogen-bond donors (Lipinski definition) is 3. The summed E-state index contributed by atoms with van der Waals surface area (Å²) in [5.41, 5.74) is 5.84. The normalized spacial score (nSPS) is 16.3. The van der Waals surface area contributed by atoms with Gasteiger partial charge in [-0.15, -0.1) is 6.42 Å². The first-order valence-corrected chi connectivity index (χ1v) is 13.3. The van der Waals surface area contributed by atoms with Crippen molar-refractivity contribution in [1.82, 2.24) is 15.5 Å². The van der Waals surface area contributed by atoms with Crippen molar-refractivity contribution >= 4 is 23.8 Å². The van der Waals surface area contributed by atoms with Gasteiger partial charge in [-0.2, -0.15) is 0 Å². The molecule has 1 aliphatic carbocycles. The summed E-state index contributed by atoms with van der Waals surface area (Å²) in [6.07, 6.45) is 9.67. The van der Waals surface area contributed by atoms with Gasteiger partial charge in [0.1, 0.15) is 17.7 Å². The van der Waals surface area contributed by atoms with Gasteiger partial charge in [0.05, 0.1) is 6.42 Å². The molecule has 2 rings (SSSR count). The van der Waals surface area contributed by atoms with Gasteiger partial charge < -0.3 is 26.0 Å². The zero-order chi connectivity index (χ0) is 28.5. The highest BCUT2D eigenvalue weighted by atomic mass is 16.6. The van der Waals surface area contributed by atoms with Crippen LogP contribution in [0.25, 0.3) is 0 Å². The number of carbonyl (C=O) groups is 4. The summed E-state index contributed by atoms with van der Waals surface area (Å²) in [5.74, 6) is 0.859. The first kappa shape index (κ1) is 30.7. The van der Waals surface area contributed by atoms with Crippen LogP contribution in [-0.2, 0) is 19.1 Å². The summed E-state index contributed by atoms with van der Waals surface area (Å²) in [5, 5.41) is 5.63. The molecule has 9 heteroatoms. The van der Waals surface area contributed by atoms with Crippen LogP contribution < -0.4 is 16.4 Å². The molecule has 0 heterocycles. The highest BCUT2D eigenvalue weighted by molar-refractivity contribution is 5.94. The number of nitrogens with zero attached hydrogens (tertiary/aromatic N) is 1. The lowest BCUT2D eigenvalue weighted by Gasteiger charge is -2.39. The Labute approximate surface area is 226 Å². The number of benzene rings is 1. The Bertz CT molecular complexity index is 1020. The van der Waals surface area contributed by atoms with E-state index in [9.17, 15) is 19.2 Å². The molecule has 1 aromatic carbocycles. The fraction of sp³-hybridized carbons (Fsp3) is 0.586. The molecule has 0 spiro atoms. The molecule has 3 unspecified atom stereocenters. The number of terminal acetylenes is 1. The molecule has 9 nitrogen and oxygen atoms in total. The Kier molecular flexibility index (Phi) is 11.2. The van der Waals surface area contributed by atoms with Gasteiger partial charge in [-0.3, -0.25) is 14.4 Å². The van der Waals surface area contributed by atoms with Crippen molar-refractivity contribution in [2.45, 2.75) is 109 Å². The molecule has 1 aliphatic rings. The van der Waals surface area contributed by atoms with Crippen molar-refractivity contribution in [3.05, 3.63) is 35.4 Å². The van der Waals surface area contributed by atoms with Gasteiger partial charge in [0.2, 0.25) is 17.7 Å². The third-order valence-electron chi connectivity index (χ3n) is 6.59. The smallest absolute Gasteiger partial charge is 0.408 e. The maximum Gasteiger partial charge on any atom is 0.408 e. The fourth-order valence-electron chi connectivity index (χ4n) is 4.55. The van der Waals surface area contributed by atoms with Gasteiger partial charge in [-0.25, -0.2) is 4.79 Å². The van der Waals surface area contributed by atoms with Crippen LogP contribution in [0.5, 0.6) is 0 Å². The Balaban J connectivity index is 2.51. The SMILES string of the molecule is C#Cc1ccc(C(C(=O)NC2CCCCC2)N(C(=O)C(CC(N)=O)NC(=O)OC(C)(C)C)C(C)CC)cc1. The number of nitrogens with one attached hydrogen (secondary N) is 2. The molecular weight excluding hydrogens is 484 g/mol. The standard InChI is InChI=1S/C29H42N4O5/c1-7-19(3)33(27(36)23(18-24(30)34)32-28(37)38-29(4,5)6)25(21-16-14-20(8-2)15-17-21)26(35)31-22-12-10-9-11-13-22/h2,14-17,19,22-23,25H,7,9-13,18H2,1,3-6H3,(H2,30,34)(H,31,35)(H,32,37). The molecule has 4 amide bonds. The molecule has 0 bridgehead atoms. The van der Waals surface area contributed by atoms with E-state index in [1.165, 1.54) is 4.90 Å². The average molecular weight is 527 g/mol. The molecular formula is C29H42N4O5. The van der Waals surface area contributed by atoms with Crippen molar-refractivity contribution in [1.29, 1.82) is 0 Å². The zero-order valence-corrected chi connectivity index (χ0v) is 23.2. The molecule has 0 saturated heterocycles. The van der Waals surface area contributed by atoms with Crippen molar-refractivity contribution in [3.8, 4) is 12.3 Å². The second-order valence-electron chi connectivity index (χ2n) is 10.9. The topological polar surface area (TPSA) is 131 Å². The van der Waals surface area contributed by atoms with Crippen LogP contribution in [0.4, 0.5) is 4.79 Å². The number of amides is 4. The Hall–Kier alpha value is -3.54. The molecule has 1 aromatic rings. The van der Waals surface area contributed by atoms with Crippen molar-refractivity contribution in [2.75, 3.05) is 0 Å². The fourth-order valence-corrected chi connectivity index (χ4v) is 4.55. The Morgan fingerprint density at radius 1 is 1.13 bits per heavy atom. The first-order valence-electron chi connectivity index (χ1n) is 13.3. The lowest BCUT2D eigenvalue weighted by Crippen LogP contribution is -2.56. The van der Waals surface area contributed by atoms with Gasteiger partial charge >= 0.3 is 6.09 Å². The lowest BCUT2D eigenvalue weighted by atomic mass is 9.94. The van der Waals surface area contributed by atoms with E-state index in [1.807, 2.05) is 13.8 Å². The van der Waals surface area contributed by atoms with Gasteiger partial charge in [-0.1, -0.05) is 44.2 Å². The van der Waals surface area contributed by atoms with Crippen molar-refractivity contribution < 1.29 is 23.9 Å². The zero-order valence-electron chi connectivity index (χ0n) is 23.2. The number of nitrogens with two attached hydrogens (primary N) is 1. The largest absolute Gasteiger partial charge is 0.444 e. The molecule has 3 atom stereocenters. The van der Waals surface area contributed by atoms with E-state index < -0.39 is 48.1 Å². The molecule has 1 fully saturated rings.